The molecule has 1 aromatic heterocycles. The van der Waals surface area contributed by atoms with Crippen molar-refractivity contribution in [3.8, 4) is 17.5 Å². The van der Waals surface area contributed by atoms with Crippen LogP contribution in [0.15, 0.2) is 35.5 Å². The van der Waals surface area contributed by atoms with Gasteiger partial charge in [-0.15, -0.1) is 0 Å². The van der Waals surface area contributed by atoms with Crippen molar-refractivity contribution in [1.82, 2.24) is 15.3 Å². The maximum atomic E-state index is 8.30. The number of H-pyrrole nitrogens is 1. The van der Waals surface area contributed by atoms with Gasteiger partial charge >= 0.3 is 0 Å². The summed E-state index contributed by atoms with van der Waals surface area (Å²) in [4.78, 5) is 11.6. The lowest BCUT2D eigenvalue weighted by Crippen LogP contribution is -1.98. The van der Waals surface area contributed by atoms with Crippen molar-refractivity contribution in [2.45, 2.75) is 13.3 Å². The maximum Gasteiger partial charge on any atom is 0.182 e. The number of nitrogens with zero attached hydrogens (tertiary/aromatic N) is 3. The Morgan fingerprint density at radius 2 is 2.22 bits per heavy atom. The zero-order valence-corrected chi connectivity index (χ0v) is 10.0. The summed E-state index contributed by atoms with van der Waals surface area (Å²) in [7, 11) is 0. The number of aliphatic imine (C=N–C) groups is 1. The van der Waals surface area contributed by atoms with Crippen LogP contribution < -0.4 is 5.32 Å². The second kappa shape index (κ2) is 5.64. The first-order valence-electron chi connectivity index (χ1n) is 5.65. The number of rotatable bonds is 4. The molecule has 0 fully saturated rings. The molecule has 0 saturated heterocycles. The molecule has 0 aliphatic rings. The lowest BCUT2D eigenvalue weighted by Gasteiger charge is -1.97. The Morgan fingerprint density at radius 3 is 2.83 bits per heavy atom. The fraction of sp³-hybridized carbons (Fsp3) is 0.154. The van der Waals surface area contributed by atoms with Crippen LogP contribution in [0.25, 0.3) is 11.3 Å². The van der Waals surface area contributed by atoms with Crippen molar-refractivity contribution in [3.05, 3.63) is 36.3 Å². The summed E-state index contributed by atoms with van der Waals surface area (Å²) < 4.78 is 0. The van der Waals surface area contributed by atoms with Crippen molar-refractivity contribution >= 4 is 12.0 Å². The number of hydrogen-bond acceptors (Lipinski definition) is 3. The van der Waals surface area contributed by atoms with E-state index in [4.69, 9.17) is 5.26 Å². The predicted molar refractivity (Wildman–Crippen MR) is 70.3 cm³/mol. The van der Waals surface area contributed by atoms with Gasteiger partial charge in [0.1, 0.15) is 12.2 Å². The number of aromatic nitrogens is 2. The van der Waals surface area contributed by atoms with Crippen molar-refractivity contribution in [1.29, 1.82) is 5.26 Å². The minimum atomic E-state index is 0.785. The SMILES string of the molecule is CCc1nc(-c2ccc(/N=C/NC#N)cc2)c[nH]1. The van der Waals surface area contributed by atoms with E-state index in [1.165, 1.54) is 6.34 Å². The molecule has 5 heteroatoms. The van der Waals surface area contributed by atoms with Gasteiger partial charge in [-0.1, -0.05) is 19.1 Å². The first-order valence-corrected chi connectivity index (χ1v) is 5.65. The molecule has 0 aliphatic carbocycles. The van der Waals surface area contributed by atoms with Crippen molar-refractivity contribution in [2.75, 3.05) is 0 Å². The second-order valence-electron chi connectivity index (χ2n) is 3.65. The van der Waals surface area contributed by atoms with Crippen LogP contribution in [0.3, 0.4) is 0 Å². The summed E-state index contributed by atoms with van der Waals surface area (Å²) in [6, 6.07) is 7.67. The summed E-state index contributed by atoms with van der Waals surface area (Å²) in [5.41, 5.74) is 2.75. The number of nitrogens with one attached hydrogen (secondary N) is 2. The molecule has 0 bridgehead atoms. The highest BCUT2D eigenvalue weighted by atomic mass is 14.9. The molecule has 2 N–H and O–H groups in total. The highest BCUT2D eigenvalue weighted by molar-refractivity contribution is 5.65. The summed E-state index contributed by atoms with van der Waals surface area (Å²) in [5.74, 6) is 0.977. The van der Waals surface area contributed by atoms with E-state index >= 15 is 0 Å². The Hall–Kier alpha value is -2.61. The molecule has 0 aliphatic heterocycles. The number of benzene rings is 1. The Morgan fingerprint density at radius 1 is 1.44 bits per heavy atom. The molecule has 0 saturated carbocycles. The number of aromatic amines is 1. The fourth-order valence-corrected chi connectivity index (χ4v) is 1.54. The number of aryl methyl sites for hydroxylation is 1. The quantitative estimate of drug-likeness (QED) is 0.372. The van der Waals surface area contributed by atoms with Crippen molar-refractivity contribution < 1.29 is 0 Å². The summed E-state index contributed by atoms with van der Waals surface area (Å²) >= 11 is 0. The zero-order chi connectivity index (χ0) is 12.8. The molecule has 1 aromatic carbocycles. The molecular weight excluding hydrogens is 226 g/mol. The van der Waals surface area contributed by atoms with Crippen LogP contribution in [0.5, 0.6) is 0 Å². The Labute approximate surface area is 105 Å². The van der Waals surface area contributed by atoms with E-state index in [1.54, 1.807) is 6.19 Å². The van der Waals surface area contributed by atoms with Gasteiger partial charge in [0.25, 0.3) is 0 Å². The summed E-state index contributed by atoms with van der Waals surface area (Å²) in [6.07, 6.45) is 5.92. The van der Waals surface area contributed by atoms with Crippen molar-refractivity contribution in [2.24, 2.45) is 4.99 Å². The number of imidazole rings is 1. The topological polar surface area (TPSA) is 76.9 Å². The Bertz CT molecular complexity index is 574. The van der Waals surface area contributed by atoms with Gasteiger partial charge in [0.15, 0.2) is 6.19 Å². The van der Waals surface area contributed by atoms with Gasteiger partial charge in [0, 0.05) is 18.2 Å². The molecule has 18 heavy (non-hydrogen) atoms. The van der Waals surface area contributed by atoms with E-state index in [0.29, 0.717) is 0 Å². The van der Waals surface area contributed by atoms with Crippen LogP contribution in [0.2, 0.25) is 0 Å². The zero-order valence-electron chi connectivity index (χ0n) is 10.0. The van der Waals surface area contributed by atoms with Crippen LogP contribution >= 0.6 is 0 Å². The average molecular weight is 239 g/mol. The van der Waals surface area contributed by atoms with E-state index in [0.717, 1.165) is 29.2 Å². The van der Waals surface area contributed by atoms with E-state index in [-0.39, 0.29) is 0 Å². The van der Waals surface area contributed by atoms with Gasteiger partial charge in [0.05, 0.1) is 11.4 Å². The molecule has 2 rings (SSSR count). The molecule has 0 radical (unpaired) electrons. The second-order valence-corrected chi connectivity index (χ2v) is 3.65. The van der Waals surface area contributed by atoms with Gasteiger partial charge in [-0.05, 0) is 12.1 Å². The molecule has 0 atom stereocenters. The van der Waals surface area contributed by atoms with Gasteiger partial charge in [-0.25, -0.2) is 9.98 Å². The largest absolute Gasteiger partial charge is 0.348 e. The predicted octanol–water partition coefficient (Wildman–Crippen LogP) is 2.37. The lowest BCUT2D eigenvalue weighted by atomic mass is 10.1. The highest BCUT2D eigenvalue weighted by Crippen LogP contribution is 2.20. The van der Waals surface area contributed by atoms with Gasteiger partial charge in [-0.3, -0.25) is 5.32 Å². The normalized spacial score (nSPS) is 10.4. The van der Waals surface area contributed by atoms with Crippen LogP contribution in [0.4, 0.5) is 5.69 Å². The standard InChI is InChI=1S/C13H13N5/c1-2-13-16-7-12(18-13)10-3-5-11(6-4-10)17-9-15-8-14/h3-7,9H,2H2,1H3,(H,15,17)(H,16,18). The maximum absolute atomic E-state index is 8.30. The molecule has 1 heterocycles. The third-order valence-corrected chi connectivity index (χ3v) is 2.47. The molecular formula is C13H13N5. The van der Waals surface area contributed by atoms with Crippen molar-refractivity contribution in [3.63, 3.8) is 0 Å². The van der Waals surface area contributed by atoms with Crippen LogP contribution in [-0.4, -0.2) is 16.3 Å². The van der Waals surface area contributed by atoms with Crippen LogP contribution in [0, 0.1) is 11.5 Å². The monoisotopic (exact) mass is 239 g/mol. The van der Waals surface area contributed by atoms with E-state index < -0.39 is 0 Å². The number of hydrogen-bond donors (Lipinski definition) is 2. The first-order chi connectivity index (χ1) is 8.83. The van der Waals surface area contributed by atoms with Crippen LogP contribution in [-0.2, 0) is 6.42 Å². The smallest absolute Gasteiger partial charge is 0.182 e. The molecule has 0 unspecified atom stereocenters. The molecule has 2 aromatic rings. The Balaban J connectivity index is 2.14. The van der Waals surface area contributed by atoms with Crippen LogP contribution in [0.1, 0.15) is 12.7 Å². The molecule has 90 valence electrons. The minimum absolute atomic E-state index is 0.785. The van der Waals surface area contributed by atoms with E-state index in [1.807, 2.05) is 30.5 Å². The summed E-state index contributed by atoms with van der Waals surface area (Å²) in [5, 5.41) is 10.6. The fourth-order valence-electron chi connectivity index (χ4n) is 1.54. The van der Waals surface area contributed by atoms with Gasteiger partial charge < -0.3 is 4.98 Å². The average Bonchev–Trinajstić information content (AvgIpc) is 2.89. The van der Waals surface area contributed by atoms with Gasteiger partial charge in [0.2, 0.25) is 0 Å². The molecule has 0 spiro atoms. The third kappa shape index (κ3) is 2.74. The molecule has 0 amide bonds. The Kier molecular flexibility index (Phi) is 3.72. The van der Waals surface area contributed by atoms with E-state index in [9.17, 15) is 0 Å². The minimum Gasteiger partial charge on any atom is -0.348 e. The first kappa shape index (κ1) is 11.9. The highest BCUT2D eigenvalue weighted by Gasteiger charge is 2.02. The van der Waals surface area contributed by atoms with E-state index in [2.05, 4.69) is 27.2 Å². The number of nitriles is 1. The lowest BCUT2D eigenvalue weighted by molar-refractivity contribution is 0.991. The summed E-state index contributed by atoms with van der Waals surface area (Å²) in [6.45, 7) is 2.06. The van der Waals surface area contributed by atoms with Gasteiger partial charge in [-0.2, -0.15) is 5.26 Å². The third-order valence-electron chi connectivity index (χ3n) is 2.47. The molecule has 5 nitrogen and oxygen atoms in total.